The molecule has 2 rings (SSSR count). The third-order valence-electron chi connectivity index (χ3n) is 3.65. The SMILES string of the molecule is CC(=O)c1ccc(N(CCC(=O)Nc2ccccc2Cl)S(C)(=O)=O)cc1. The molecule has 8 heteroatoms. The first-order valence-corrected chi connectivity index (χ1v) is 10.0. The van der Waals surface area contributed by atoms with Crippen molar-refractivity contribution in [2.24, 2.45) is 0 Å². The van der Waals surface area contributed by atoms with Gasteiger partial charge in [0.15, 0.2) is 5.78 Å². The van der Waals surface area contributed by atoms with E-state index in [1.165, 1.54) is 6.92 Å². The number of rotatable bonds is 7. The summed E-state index contributed by atoms with van der Waals surface area (Å²) in [6.45, 7) is 1.40. The molecule has 1 N–H and O–H groups in total. The molecule has 0 saturated carbocycles. The minimum Gasteiger partial charge on any atom is -0.325 e. The van der Waals surface area contributed by atoms with Crippen LogP contribution in [-0.2, 0) is 14.8 Å². The van der Waals surface area contributed by atoms with Gasteiger partial charge in [-0.15, -0.1) is 0 Å². The van der Waals surface area contributed by atoms with Crippen molar-refractivity contribution in [3.8, 4) is 0 Å². The Hall–Kier alpha value is -2.38. The summed E-state index contributed by atoms with van der Waals surface area (Å²) in [4.78, 5) is 23.5. The van der Waals surface area contributed by atoms with Gasteiger partial charge in [-0.05, 0) is 43.3 Å². The highest BCUT2D eigenvalue weighted by Gasteiger charge is 2.19. The van der Waals surface area contributed by atoms with Crippen molar-refractivity contribution in [2.75, 3.05) is 22.4 Å². The van der Waals surface area contributed by atoms with Crippen LogP contribution in [0.4, 0.5) is 11.4 Å². The Kier molecular flexibility index (Phi) is 6.39. The molecule has 1 amide bonds. The average molecular weight is 395 g/mol. The van der Waals surface area contributed by atoms with Crippen LogP contribution in [0.25, 0.3) is 0 Å². The first-order valence-electron chi connectivity index (χ1n) is 7.81. The Morgan fingerprint density at radius 2 is 1.69 bits per heavy atom. The minimum atomic E-state index is -3.59. The molecular weight excluding hydrogens is 376 g/mol. The van der Waals surface area contributed by atoms with E-state index in [-0.39, 0.29) is 24.7 Å². The smallest absolute Gasteiger partial charge is 0.232 e. The number of Topliss-reactive ketones (excluding diaryl/α,β-unsaturated/α-hetero) is 1. The lowest BCUT2D eigenvalue weighted by Crippen LogP contribution is -2.33. The van der Waals surface area contributed by atoms with E-state index in [1.807, 2.05) is 0 Å². The van der Waals surface area contributed by atoms with Crippen LogP contribution in [0.5, 0.6) is 0 Å². The third-order valence-corrected chi connectivity index (χ3v) is 5.18. The van der Waals surface area contributed by atoms with Crippen LogP contribution < -0.4 is 9.62 Å². The Balaban J connectivity index is 2.10. The summed E-state index contributed by atoms with van der Waals surface area (Å²) in [7, 11) is -3.59. The highest BCUT2D eigenvalue weighted by atomic mass is 35.5. The molecule has 0 aliphatic rings. The molecule has 26 heavy (non-hydrogen) atoms. The van der Waals surface area contributed by atoms with E-state index in [0.29, 0.717) is 22.0 Å². The van der Waals surface area contributed by atoms with Gasteiger partial charge in [-0.3, -0.25) is 13.9 Å². The van der Waals surface area contributed by atoms with Crippen LogP contribution in [-0.4, -0.2) is 32.9 Å². The largest absolute Gasteiger partial charge is 0.325 e. The first-order chi connectivity index (χ1) is 12.2. The second kappa shape index (κ2) is 8.33. The second-order valence-electron chi connectivity index (χ2n) is 5.72. The maximum Gasteiger partial charge on any atom is 0.232 e. The Bertz CT molecular complexity index is 911. The molecule has 0 unspecified atom stereocenters. The summed E-state index contributed by atoms with van der Waals surface area (Å²) in [6, 6.07) is 13.0. The second-order valence-corrected chi connectivity index (χ2v) is 8.03. The van der Waals surface area contributed by atoms with Gasteiger partial charge in [-0.25, -0.2) is 8.42 Å². The normalized spacial score (nSPS) is 11.0. The molecule has 0 aliphatic carbocycles. The highest BCUT2D eigenvalue weighted by Crippen LogP contribution is 2.22. The third kappa shape index (κ3) is 5.31. The lowest BCUT2D eigenvalue weighted by Gasteiger charge is -2.22. The average Bonchev–Trinajstić information content (AvgIpc) is 2.56. The number of sulfonamides is 1. The monoisotopic (exact) mass is 394 g/mol. The number of amides is 1. The van der Waals surface area contributed by atoms with Gasteiger partial charge in [0, 0.05) is 18.5 Å². The van der Waals surface area contributed by atoms with Crippen LogP contribution in [0.3, 0.4) is 0 Å². The number of hydrogen-bond donors (Lipinski definition) is 1. The molecule has 6 nitrogen and oxygen atoms in total. The van der Waals surface area contributed by atoms with Crippen LogP contribution in [0.1, 0.15) is 23.7 Å². The summed E-state index contributed by atoms with van der Waals surface area (Å²) >= 11 is 5.99. The minimum absolute atomic E-state index is 0.0332. The molecule has 0 bridgehead atoms. The topological polar surface area (TPSA) is 83.6 Å². The summed E-state index contributed by atoms with van der Waals surface area (Å²) in [5.74, 6) is -0.464. The standard InChI is InChI=1S/C18H19ClN2O4S/c1-13(22)14-7-9-15(10-8-14)21(26(2,24)25)12-11-18(23)20-17-6-4-3-5-16(17)19/h3-10H,11-12H2,1-2H3,(H,20,23). The van der Waals surface area contributed by atoms with Gasteiger partial charge in [0.05, 0.1) is 22.7 Å². The Morgan fingerprint density at radius 1 is 1.08 bits per heavy atom. The molecule has 2 aromatic rings. The molecule has 2 aromatic carbocycles. The highest BCUT2D eigenvalue weighted by molar-refractivity contribution is 7.92. The number of carbonyl (C=O) groups is 2. The summed E-state index contributed by atoms with van der Waals surface area (Å²) in [5.41, 5.74) is 1.34. The number of hydrogen-bond acceptors (Lipinski definition) is 4. The molecule has 0 saturated heterocycles. The fraction of sp³-hybridized carbons (Fsp3) is 0.222. The van der Waals surface area contributed by atoms with E-state index in [4.69, 9.17) is 11.6 Å². The zero-order chi connectivity index (χ0) is 19.3. The molecule has 0 fully saturated rings. The van der Waals surface area contributed by atoms with E-state index in [9.17, 15) is 18.0 Å². The fourth-order valence-corrected chi connectivity index (χ4v) is 3.44. The van der Waals surface area contributed by atoms with Crippen LogP contribution in [0, 0.1) is 0 Å². The van der Waals surface area contributed by atoms with Gasteiger partial charge in [0.2, 0.25) is 15.9 Å². The van der Waals surface area contributed by atoms with Crippen molar-refractivity contribution in [1.29, 1.82) is 0 Å². The van der Waals surface area contributed by atoms with Gasteiger partial charge < -0.3 is 5.32 Å². The molecule has 0 atom stereocenters. The number of ketones is 1. The van der Waals surface area contributed by atoms with Gasteiger partial charge in [0.25, 0.3) is 0 Å². The van der Waals surface area contributed by atoms with E-state index in [2.05, 4.69) is 5.32 Å². The lowest BCUT2D eigenvalue weighted by molar-refractivity contribution is -0.116. The molecular formula is C18H19ClN2O4S. The van der Waals surface area contributed by atoms with Crippen molar-refractivity contribution in [3.05, 3.63) is 59.1 Å². The summed E-state index contributed by atoms with van der Waals surface area (Å²) in [5, 5.41) is 3.06. The predicted molar refractivity (Wildman–Crippen MR) is 103 cm³/mol. The molecule has 0 aromatic heterocycles. The van der Waals surface area contributed by atoms with Crippen LogP contribution >= 0.6 is 11.6 Å². The predicted octanol–water partition coefficient (Wildman–Crippen LogP) is 3.34. The fourth-order valence-electron chi connectivity index (χ4n) is 2.33. The van der Waals surface area contributed by atoms with Gasteiger partial charge >= 0.3 is 0 Å². The number of benzene rings is 2. The van der Waals surface area contributed by atoms with Crippen molar-refractivity contribution >= 4 is 44.7 Å². The van der Waals surface area contributed by atoms with E-state index < -0.39 is 10.0 Å². The molecule has 0 heterocycles. The molecule has 138 valence electrons. The van der Waals surface area contributed by atoms with Crippen molar-refractivity contribution in [2.45, 2.75) is 13.3 Å². The van der Waals surface area contributed by atoms with E-state index >= 15 is 0 Å². The van der Waals surface area contributed by atoms with E-state index in [0.717, 1.165) is 10.6 Å². The lowest BCUT2D eigenvalue weighted by atomic mass is 10.1. The zero-order valence-corrected chi connectivity index (χ0v) is 16.0. The zero-order valence-electron chi connectivity index (χ0n) is 14.4. The van der Waals surface area contributed by atoms with Crippen LogP contribution in [0.2, 0.25) is 5.02 Å². The first kappa shape index (κ1) is 19.9. The number of nitrogens with zero attached hydrogens (tertiary/aromatic N) is 1. The molecule has 0 spiro atoms. The van der Waals surface area contributed by atoms with Gasteiger partial charge in [-0.2, -0.15) is 0 Å². The summed E-state index contributed by atoms with van der Waals surface area (Å²) < 4.78 is 25.3. The van der Waals surface area contributed by atoms with Crippen molar-refractivity contribution < 1.29 is 18.0 Å². The van der Waals surface area contributed by atoms with Gasteiger partial charge in [0.1, 0.15) is 0 Å². The quantitative estimate of drug-likeness (QED) is 0.730. The summed E-state index contributed by atoms with van der Waals surface area (Å²) in [6.07, 6.45) is 1.02. The number of nitrogens with one attached hydrogen (secondary N) is 1. The van der Waals surface area contributed by atoms with E-state index in [1.54, 1.807) is 48.5 Å². The Morgan fingerprint density at radius 3 is 2.23 bits per heavy atom. The van der Waals surface area contributed by atoms with Crippen LogP contribution in [0.15, 0.2) is 48.5 Å². The maximum absolute atomic E-state index is 12.1. The molecule has 0 aliphatic heterocycles. The number of carbonyl (C=O) groups excluding carboxylic acids is 2. The maximum atomic E-state index is 12.1. The number of anilines is 2. The number of para-hydroxylation sites is 1. The van der Waals surface area contributed by atoms with Gasteiger partial charge in [-0.1, -0.05) is 23.7 Å². The number of halogens is 1. The molecule has 0 radical (unpaired) electrons. The van der Waals surface area contributed by atoms with Crippen molar-refractivity contribution in [1.82, 2.24) is 0 Å². The Labute approximate surface area is 157 Å². The van der Waals surface area contributed by atoms with Crippen molar-refractivity contribution in [3.63, 3.8) is 0 Å².